The first-order valence-electron chi connectivity index (χ1n) is 11.1. The van der Waals surface area contributed by atoms with Crippen LogP contribution in [0, 0.1) is 5.41 Å². The molecule has 37 heavy (non-hydrogen) atoms. The molecule has 1 amide bonds. The van der Waals surface area contributed by atoms with E-state index in [0.717, 1.165) is 23.0 Å². The Morgan fingerprint density at radius 3 is 2.35 bits per heavy atom. The Balaban J connectivity index is 1.49. The fourth-order valence-electron chi connectivity index (χ4n) is 3.33. The average molecular weight is 545 g/mol. The van der Waals surface area contributed by atoms with Gasteiger partial charge in [-0.1, -0.05) is 18.2 Å². The molecule has 0 aliphatic carbocycles. The smallest absolute Gasteiger partial charge is 0.283 e. The molecule has 2 aromatic carbocycles. The van der Waals surface area contributed by atoms with Crippen LogP contribution in [-0.4, -0.2) is 67.9 Å². The number of aliphatic imine (C=N–C) groups is 1. The van der Waals surface area contributed by atoms with Gasteiger partial charge in [0.15, 0.2) is 28.8 Å². The monoisotopic (exact) mass is 544 g/mol. The van der Waals surface area contributed by atoms with Gasteiger partial charge in [0.1, 0.15) is 13.2 Å². The molecule has 0 radical (unpaired) electrons. The Morgan fingerprint density at radius 2 is 1.70 bits per heavy atom. The highest BCUT2D eigenvalue weighted by atomic mass is 32.3. The number of benzene rings is 2. The number of hydrogen-bond donors (Lipinski definition) is 1. The molecule has 0 fully saturated rings. The molecule has 0 atom stereocenters. The van der Waals surface area contributed by atoms with Crippen LogP contribution in [-0.2, 0) is 14.6 Å². The summed E-state index contributed by atoms with van der Waals surface area (Å²) >= 11 is 0.734. The third kappa shape index (κ3) is 5.94. The Hall–Kier alpha value is -3.84. The van der Waals surface area contributed by atoms with Gasteiger partial charge in [0, 0.05) is 6.26 Å². The minimum atomic E-state index is -3.61. The summed E-state index contributed by atoms with van der Waals surface area (Å²) < 4.78 is 46.0. The molecule has 11 nitrogen and oxygen atoms in total. The number of hydrogen-bond acceptors (Lipinski definition) is 10. The number of fused-ring (bicyclic) bond motifs is 1. The summed E-state index contributed by atoms with van der Waals surface area (Å²) in [7, 11) is -2.04. The number of ether oxygens (including phenoxy) is 4. The molecular weight excluding hydrogens is 520 g/mol. The van der Waals surface area contributed by atoms with Crippen LogP contribution in [0.1, 0.15) is 12.5 Å². The molecule has 194 valence electrons. The van der Waals surface area contributed by atoms with Gasteiger partial charge in [-0.25, -0.2) is 8.42 Å². The SMILES string of the molecule is CCOc1cc(/C=C2/C(=N)N3N=C(S(C)(=O)=O)SC3=NC2=O)ccc1OCCOc1ccccc1OC. The number of amides is 1. The summed E-state index contributed by atoms with van der Waals surface area (Å²) in [5.74, 6) is 1.22. The minimum Gasteiger partial charge on any atom is -0.493 e. The van der Waals surface area contributed by atoms with Crippen molar-refractivity contribution in [3.05, 3.63) is 53.6 Å². The lowest BCUT2D eigenvalue weighted by molar-refractivity contribution is -0.114. The molecule has 0 unspecified atom stereocenters. The van der Waals surface area contributed by atoms with Crippen LogP contribution in [0.4, 0.5) is 0 Å². The third-order valence-electron chi connectivity index (χ3n) is 5.00. The fourth-order valence-corrected chi connectivity index (χ4v) is 5.02. The average Bonchev–Trinajstić information content (AvgIpc) is 3.31. The molecule has 2 aliphatic heterocycles. The summed E-state index contributed by atoms with van der Waals surface area (Å²) in [6.45, 7) is 2.73. The largest absolute Gasteiger partial charge is 0.493 e. The van der Waals surface area contributed by atoms with Crippen molar-refractivity contribution in [2.45, 2.75) is 6.92 Å². The van der Waals surface area contributed by atoms with E-state index >= 15 is 0 Å². The lowest BCUT2D eigenvalue weighted by Gasteiger charge is -2.20. The van der Waals surface area contributed by atoms with Gasteiger partial charge in [-0.3, -0.25) is 10.2 Å². The van der Waals surface area contributed by atoms with Crippen molar-refractivity contribution < 1.29 is 32.2 Å². The first-order chi connectivity index (χ1) is 17.7. The van der Waals surface area contributed by atoms with Crippen LogP contribution in [0.3, 0.4) is 0 Å². The van der Waals surface area contributed by atoms with Crippen molar-refractivity contribution in [3.63, 3.8) is 0 Å². The van der Waals surface area contributed by atoms with E-state index in [2.05, 4.69) is 10.1 Å². The summed E-state index contributed by atoms with van der Waals surface area (Å²) in [5, 5.41) is 13.4. The van der Waals surface area contributed by atoms with Gasteiger partial charge in [-0.2, -0.15) is 10.0 Å². The van der Waals surface area contributed by atoms with Gasteiger partial charge < -0.3 is 18.9 Å². The van der Waals surface area contributed by atoms with Crippen LogP contribution < -0.4 is 18.9 Å². The number of sulfone groups is 1. The topological polar surface area (TPSA) is 140 Å². The lowest BCUT2D eigenvalue weighted by atomic mass is 10.1. The molecule has 4 rings (SSSR count). The van der Waals surface area contributed by atoms with E-state index in [0.29, 0.717) is 35.2 Å². The third-order valence-corrected chi connectivity index (χ3v) is 7.58. The van der Waals surface area contributed by atoms with E-state index in [1.165, 1.54) is 6.08 Å². The Morgan fingerprint density at radius 1 is 1.03 bits per heavy atom. The van der Waals surface area contributed by atoms with E-state index in [1.807, 2.05) is 19.1 Å². The van der Waals surface area contributed by atoms with Crippen molar-refractivity contribution in [2.24, 2.45) is 10.1 Å². The van der Waals surface area contributed by atoms with E-state index in [4.69, 9.17) is 24.4 Å². The molecule has 1 N–H and O–H groups in total. The lowest BCUT2D eigenvalue weighted by Crippen LogP contribution is -2.35. The van der Waals surface area contributed by atoms with Crippen LogP contribution in [0.15, 0.2) is 58.1 Å². The molecule has 2 heterocycles. The molecule has 2 aliphatic rings. The number of nitrogens with zero attached hydrogens (tertiary/aromatic N) is 3. The number of rotatable bonds is 9. The Bertz CT molecular complexity index is 1430. The van der Waals surface area contributed by atoms with E-state index in [-0.39, 0.29) is 34.2 Å². The summed E-state index contributed by atoms with van der Waals surface area (Å²) in [5.41, 5.74) is 0.524. The first kappa shape index (κ1) is 26.2. The van der Waals surface area contributed by atoms with Gasteiger partial charge in [0.2, 0.25) is 19.4 Å². The summed E-state index contributed by atoms with van der Waals surface area (Å²) in [4.78, 5) is 16.5. The van der Waals surface area contributed by atoms with Gasteiger partial charge in [-0.05, 0) is 54.6 Å². The second-order valence-electron chi connectivity index (χ2n) is 7.65. The van der Waals surface area contributed by atoms with Crippen LogP contribution >= 0.6 is 11.8 Å². The highest BCUT2D eigenvalue weighted by Crippen LogP contribution is 2.33. The number of para-hydroxylation sites is 2. The van der Waals surface area contributed by atoms with Crippen molar-refractivity contribution in [1.82, 2.24) is 5.01 Å². The highest BCUT2D eigenvalue weighted by molar-refractivity contribution is 8.42. The molecule has 2 aromatic rings. The number of thioether (sulfide) groups is 1. The number of methoxy groups -OCH3 is 1. The molecule has 0 saturated heterocycles. The van der Waals surface area contributed by atoms with Crippen molar-refractivity contribution in [3.8, 4) is 23.0 Å². The summed E-state index contributed by atoms with van der Waals surface area (Å²) in [6, 6.07) is 12.4. The summed E-state index contributed by atoms with van der Waals surface area (Å²) in [6.07, 6.45) is 2.48. The van der Waals surface area contributed by atoms with Crippen molar-refractivity contribution in [1.29, 1.82) is 5.41 Å². The van der Waals surface area contributed by atoms with Gasteiger partial charge in [0.05, 0.1) is 19.3 Å². The van der Waals surface area contributed by atoms with E-state index < -0.39 is 15.7 Å². The van der Waals surface area contributed by atoms with Gasteiger partial charge in [0.25, 0.3) is 5.91 Å². The molecule has 0 bridgehead atoms. The first-order valence-corrected chi connectivity index (χ1v) is 13.8. The minimum absolute atomic E-state index is 0.0293. The Labute approximate surface area is 218 Å². The number of nitrogens with one attached hydrogen (secondary N) is 1. The van der Waals surface area contributed by atoms with E-state index in [1.54, 1.807) is 37.4 Å². The number of amidine groups is 2. The molecule has 0 spiro atoms. The fraction of sp³-hybridized carbons (Fsp3) is 0.250. The Kier molecular flexibility index (Phi) is 7.83. The normalized spacial score (nSPS) is 16.3. The maximum Gasteiger partial charge on any atom is 0.283 e. The van der Waals surface area contributed by atoms with Gasteiger partial charge in [-0.15, -0.1) is 5.10 Å². The molecule has 0 saturated carbocycles. The standard InChI is InChI=1S/C24H24N4O7S2/c1-4-33-20-14-15(9-10-19(20)35-12-11-34-18-8-6-5-7-17(18)32-2)13-16-21(25)28-23(26-22(16)29)36-24(27-28)37(3,30)31/h5-10,13-14,25H,4,11-12H2,1-3H3/b16-13-,25-21?. The maximum atomic E-state index is 12.6. The zero-order valence-corrected chi connectivity index (χ0v) is 21.9. The van der Waals surface area contributed by atoms with Crippen molar-refractivity contribution >= 4 is 49.0 Å². The number of carbonyl (C=O) groups excluding carboxylic acids is 1. The second-order valence-corrected chi connectivity index (χ2v) is 10.8. The van der Waals surface area contributed by atoms with E-state index in [9.17, 15) is 13.2 Å². The maximum absolute atomic E-state index is 12.6. The van der Waals surface area contributed by atoms with Crippen molar-refractivity contribution in [2.75, 3.05) is 33.2 Å². The molecular formula is C24H24N4O7S2. The number of carbonyl (C=O) groups is 1. The zero-order valence-electron chi connectivity index (χ0n) is 20.3. The molecule has 0 aromatic heterocycles. The quantitative estimate of drug-likeness (QED) is 0.372. The number of hydrazone groups is 1. The zero-order chi connectivity index (χ0) is 26.6. The second kappa shape index (κ2) is 11.0. The van der Waals surface area contributed by atoms with Crippen LogP contribution in [0.2, 0.25) is 0 Å². The van der Waals surface area contributed by atoms with Crippen LogP contribution in [0.25, 0.3) is 6.08 Å². The predicted octanol–water partition coefficient (Wildman–Crippen LogP) is 3.17. The predicted molar refractivity (Wildman–Crippen MR) is 141 cm³/mol. The highest BCUT2D eigenvalue weighted by Gasteiger charge is 2.38. The van der Waals surface area contributed by atoms with Gasteiger partial charge >= 0.3 is 0 Å². The van der Waals surface area contributed by atoms with Crippen LogP contribution in [0.5, 0.6) is 23.0 Å². The molecule has 13 heteroatoms.